The summed E-state index contributed by atoms with van der Waals surface area (Å²) in [4.78, 5) is 1.82. The minimum atomic E-state index is -0.261. The highest BCUT2D eigenvalue weighted by Crippen LogP contribution is 2.29. The molecule has 0 heterocycles. The molecular formula is C16H25FN2O. The molecule has 0 aliphatic carbocycles. The van der Waals surface area contributed by atoms with E-state index in [1.54, 1.807) is 12.1 Å². The number of rotatable bonds is 9. The third kappa shape index (κ3) is 4.32. The summed E-state index contributed by atoms with van der Waals surface area (Å²) in [5, 5.41) is 12.5. The van der Waals surface area contributed by atoms with Gasteiger partial charge in [-0.1, -0.05) is 25.1 Å². The number of aliphatic hydroxyl groups excluding tert-OH is 1. The summed E-state index contributed by atoms with van der Waals surface area (Å²) in [6, 6.07) is 5.17. The first-order valence-corrected chi connectivity index (χ1v) is 7.14. The second-order valence-electron chi connectivity index (χ2n) is 4.81. The summed E-state index contributed by atoms with van der Waals surface area (Å²) in [5.74, 6) is -0.261. The molecule has 112 valence electrons. The third-order valence-electron chi connectivity index (χ3n) is 3.22. The van der Waals surface area contributed by atoms with Crippen molar-refractivity contribution in [2.45, 2.75) is 26.3 Å². The van der Waals surface area contributed by atoms with Crippen molar-refractivity contribution >= 4 is 5.69 Å². The molecule has 0 radical (unpaired) electrons. The van der Waals surface area contributed by atoms with E-state index in [0.29, 0.717) is 18.8 Å². The van der Waals surface area contributed by atoms with Gasteiger partial charge in [-0.25, -0.2) is 4.39 Å². The average molecular weight is 280 g/mol. The Balaban J connectivity index is 3.10. The Hall–Kier alpha value is -1.39. The molecule has 1 rings (SSSR count). The summed E-state index contributed by atoms with van der Waals surface area (Å²) in [5.41, 5.74) is 1.46. The van der Waals surface area contributed by atoms with E-state index < -0.39 is 0 Å². The first kappa shape index (κ1) is 16.7. The van der Waals surface area contributed by atoms with Gasteiger partial charge in [0.15, 0.2) is 0 Å². The fraction of sp³-hybridized carbons (Fsp3) is 0.500. The van der Waals surface area contributed by atoms with Crippen LogP contribution in [0.2, 0.25) is 0 Å². The van der Waals surface area contributed by atoms with E-state index in [4.69, 9.17) is 0 Å². The Kier molecular flexibility index (Phi) is 7.26. The van der Waals surface area contributed by atoms with Gasteiger partial charge in [-0.05, 0) is 31.5 Å². The van der Waals surface area contributed by atoms with Crippen molar-refractivity contribution in [3.05, 3.63) is 42.2 Å². The second-order valence-corrected chi connectivity index (χ2v) is 4.81. The minimum Gasteiger partial charge on any atom is -0.395 e. The van der Waals surface area contributed by atoms with Crippen LogP contribution in [-0.4, -0.2) is 31.3 Å². The highest BCUT2D eigenvalue weighted by atomic mass is 19.1. The standard InChI is InChI=1S/C16H25FN2O/c1-4-9-18-13(3)14-7-6-8-15(17)16(14)19(10-5-2)11-12-20/h5-8,13,18,20H,2,4,9-12H2,1,3H3. The highest BCUT2D eigenvalue weighted by molar-refractivity contribution is 5.56. The first-order chi connectivity index (χ1) is 9.65. The van der Waals surface area contributed by atoms with Crippen molar-refractivity contribution < 1.29 is 9.50 Å². The lowest BCUT2D eigenvalue weighted by Crippen LogP contribution is -2.30. The smallest absolute Gasteiger partial charge is 0.146 e. The number of hydrogen-bond acceptors (Lipinski definition) is 3. The normalized spacial score (nSPS) is 12.2. The second kappa shape index (κ2) is 8.72. The molecule has 1 unspecified atom stereocenters. The quantitative estimate of drug-likeness (QED) is 0.683. The summed E-state index contributed by atoms with van der Waals surface area (Å²) in [6.45, 7) is 9.60. The van der Waals surface area contributed by atoms with E-state index in [0.717, 1.165) is 18.5 Å². The number of halogens is 1. The molecule has 20 heavy (non-hydrogen) atoms. The van der Waals surface area contributed by atoms with Crippen LogP contribution in [0, 0.1) is 5.82 Å². The van der Waals surface area contributed by atoms with Gasteiger partial charge in [-0.3, -0.25) is 0 Å². The van der Waals surface area contributed by atoms with Crippen LogP contribution in [-0.2, 0) is 0 Å². The minimum absolute atomic E-state index is 0.0155. The van der Waals surface area contributed by atoms with E-state index in [-0.39, 0.29) is 18.5 Å². The SMILES string of the molecule is C=CCN(CCO)c1c(F)cccc1C(C)NCCC. The van der Waals surface area contributed by atoms with E-state index in [9.17, 15) is 9.50 Å². The predicted molar refractivity (Wildman–Crippen MR) is 82.6 cm³/mol. The van der Waals surface area contributed by atoms with Crippen LogP contribution in [0.3, 0.4) is 0 Å². The molecule has 1 aromatic carbocycles. The molecule has 1 aromatic rings. The van der Waals surface area contributed by atoms with Crippen molar-refractivity contribution in [1.82, 2.24) is 5.32 Å². The Morgan fingerprint density at radius 1 is 1.50 bits per heavy atom. The molecule has 4 heteroatoms. The van der Waals surface area contributed by atoms with Gasteiger partial charge in [0.1, 0.15) is 5.82 Å². The van der Waals surface area contributed by atoms with Crippen molar-refractivity contribution in [1.29, 1.82) is 0 Å². The van der Waals surface area contributed by atoms with Gasteiger partial charge in [0.05, 0.1) is 12.3 Å². The maximum atomic E-state index is 14.2. The molecule has 0 aliphatic heterocycles. The molecular weight excluding hydrogens is 255 g/mol. The van der Waals surface area contributed by atoms with Gasteiger partial charge in [0.25, 0.3) is 0 Å². The number of para-hydroxylation sites is 1. The van der Waals surface area contributed by atoms with Gasteiger partial charge < -0.3 is 15.3 Å². The summed E-state index contributed by atoms with van der Waals surface area (Å²) < 4.78 is 14.2. The summed E-state index contributed by atoms with van der Waals surface area (Å²) in [7, 11) is 0. The van der Waals surface area contributed by atoms with Crippen LogP contribution < -0.4 is 10.2 Å². The molecule has 0 amide bonds. The Morgan fingerprint density at radius 2 is 2.25 bits per heavy atom. The Morgan fingerprint density at radius 3 is 2.85 bits per heavy atom. The van der Waals surface area contributed by atoms with E-state index in [1.807, 2.05) is 17.9 Å². The lowest BCUT2D eigenvalue weighted by molar-refractivity contribution is 0.302. The van der Waals surface area contributed by atoms with E-state index in [1.165, 1.54) is 6.07 Å². The van der Waals surface area contributed by atoms with Crippen LogP contribution in [0.5, 0.6) is 0 Å². The summed E-state index contributed by atoms with van der Waals surface area (Å²) in [6.07, 6.45) is 2.75. The van der Waals surface area contributed by atoms with Crippen molar-refractivity contribution in [3.8, 4) is 0 Å². The van der Waals surface area contributed by atoms with Gasteiger partial charge in [0, 0.05) is 19.1 Å². The zero-order chi connectivity index (χ0) is 15.0. The molecule has 0 aromatic heterocycles. The van der Waals surface area contributed by atoms with Crippen molar-refractivity contribution in [2.75, 3.05) is 31.1 Å². The number of anilines is 1. The Bertz CT molecular complexity index is 423. The predicted octanol–water partition coefficient (Wildman–Crippen LogP) is 2.87. The highest BCUT2D eigenvalue weighted by Gasteiger charge is 2.18. The van der Waals surface area contributed by atoms with Crippen LogP contribution >= 0.6 is 0 Å². The first-order valence-electron chi connectivity index (χ1n) is 7.14. The number of aliphatic hydroxyl groups is 1. The monoisotopic (exact) mass is 280 g/mol. The Labute approximate surface area is 121 Å². The van der Waals surface area contributed by atoms with Crippen LogP contribution in [0.25, 0.3) is 0 Å². The molecule has 0 spiro atoms. The van der Waals surface area contributed by atoms with Crippen LogP contribution in [0.4, 0.5) is 10.1 Å². The van der Waals surface area contributed by atoms with Crippen LogP contribution in [0.1, 0.15) is 31.9 Å². The number of nitrogens with one attached hydrogen (secondary N) is 1. The fourth-order valence-corrected chi connectivity index (χ4v) is 2.26. The van der Waals surface area contributed by atoms with Gasteiger partial charge in [-0.15, -0.1) is 6.58 Å². The van der Waals surface area contributed by atoms with Gasteiger partial charge >= 0.3 is 0 Å². The van der Waals surface area contributed by atoms with Crippen LogP contribution in [0.15, 0.2) is 30.9 Å². The molecule has 3 nitrogen and oxygen atoms in total. The van der Waals surface area contributed by atoms with E-state index >= 15 is 0 Å². The zero-order valence-electron chi connectivity index (χ0n) is 12.4. The maximum Gasteiger partial charge on any atom is 0.146 e. The fourth-order valence-electron chi connectivity index (χ4n) is 2.26. The van der Waals surface area contributed by atoms with E-state index in [2.05, 4.69) is 18.8 Å². The van der Waals surface area contributed by atoms with Crippen molar-refractivity contribution in [2.24, 2.45) is 0 Å². The van der Waals surface area contributed by atoms with Crippen molar-refractivity contribution in [3.63, 3.8) is 0 Å². The number of nitrogens with zero attached hydrogens (tertiary/aromatic N) is 1. The lowest BCUT2D eigenvalue weighted by atomic mass is 10.0. The molecule has 2 N–H and O–H groups in total. The maximum absolute atomic E-state index is 14.2. The topological polar surface area (TPSA) is 35.5 Å². The number of hydrogen-bond donors (Lipinski definition) is 2. The molecule has 1 atom stereocenters. The summed E-state index contributed by atoms with van der Waals surface area (Å²) >= 11 is 0. The zero-order valence-corrected chi connectivity index (χ0v) is 12.4. The molecule has 0 aliphatic rings. The van der Waals surface area contributed by atoms with Gasteiger partial charge in [0.2, 0.25) is 0 Å². The lowest BCUT2D eigenvalue weighted by Gasteiger charge is -2.28. The molecule has 0 bridgehead atoms. The third-order valence-corrected chi connectivity index (χ3v) is 3.22. The van der Waals surface area contributed by atoms with Gasteiger partial charge in [-0.2, -0.15) is 0 Å². The molecule has 0 saturated carbocycles. The molecule has 0 saturated heterocycles. The average Bonchev–Trinajstić information content (AvgIpc) is 2.44. The molecule has 0 fully saturated rings. The largest absolute Gasteiger partial charge is 0.395 e. The number of benzene rings is 1.